The third-order valence-electron chi connectivity index (χ3n) is 5.89. The maximum Gasteiger partial charge on any atom is 0.416 e. The molecule has 0 aliphatic carbocycles. The predicted molar refractivity (Wildman–Crippen MR) is 154 cm³/mol. The van der Waals surface area contributed by atoms with E-state index in [4.69, 9.17) is 9.47 Å². The number of carbonyl (C=O) groups is 2. The van der Waals surface area contributed by atoms with Gasteiger partial charge in [-0.05, 0) is 87.5 Å². The van der Waals surface area contributed by atoms with Gasteiger partial charge in [0, 0.05) is 36.2 Å². The standard InChI is InChI=1S/C32H30F3N3O4/c1-31(2,3)42-30(40)38(20-18-23-10-6-7-19-36-23)25-16-14-24(15-17-25)37-29(39)27-12-4-5-13-28(27)41-26-11-8-9-22(21-26)32(33,34)35/h4-17,19,21H,18,20H2,1-3H3,(H,37,39). The molecule has 0 atom stereocenters. The number of amides is 2. The molecule has 0 unspecified atom stereocenters. The number of rotatable bonds is 8. The lowest BCUT2D eigenvalue weighted by molar-refractivity contribution is -0.137. The molecule has 1 heterocycles. The van der Waals surface area contributed by atoms with Crippen LogP contribution in [0.2, 0.25) is 0 Å². The minimum atomic E-state index is -4.53. The fraction of sp³-hybridized carbons (Fsp3) is 0.219. The van der Waals surface area contributed by atoms with E-state index in [1.54, 1.807) is 63.4 Å². The Bertz CT molecular complexity index is 1520. The lowest BCUT2D eigenvalue weighted by Gasteiger charge is -2.27. The molecule has 0 saturated carbocycles. The third-order valence-corrected chi connectivity index (χ3v) is 5.89. The predicted octanol–water partition coefficient (Wildman–Crippen LogP) is 8.13. The van der Waals surface area contributed by atoms with E-state index in [0.717, 1.165) is 17.8 Å². The van der Waals surface area contributed by atoms with Crippen LogP contribution in [-0.4, -0.2) is 29.1 Å². The second-order valence-electron chi connectivity index (χ2n) is 10.3. The van der Waals surface area contributed by atoms with Crippen molar-refractivity contribution in [2.24, 2.45) is 0 Å². The molecule has 1 aromatic heterocycles. The quantitative estimate of drug-likeness (QED) is 0.229. The molecular formula is C32H30F3N3O4. The fourth-order valence-corrected chi connectivity index (χ4v) is 3.94. The topological polar surface area (TPSA) is 80.8 Å². The molecule has 218 valence electrons. The monoisotopic (exact) mass is 577 g/mol. The van der Waals surface area contributed by atoms with Crippen molar-refractivity contribution in [1.29, 1.82) is 0 Å². The molecule has 0 spiro atoms. The van der Waals surface area contributed by atoms with Crippen molar-refractivity contribution >= 4 is 23.4 Å². The number of carbonyl (C=O) groups excluding carboxylic acids is 2. The molecule has 0 radical (unpaired) electrons. The van der Waals surface area contributed by atoms with Gasteiger partial charge in [-0.15, -0.1) is 0 Å². The number of anilines is 2. The van der Waals surface area contributed by atoms with Gasteiger partial charge in [-0.2, -0.15) is 13.2 Å². The van der Waals surface area contributed by atoms with Gasteiger partial charge >= 0.3 is 12.3 Å². The van der Waals surface area contributed by atoms with Crippen LogP contribution in [0.15, 0.2) is 97.2 Å². The van der Waals surface area contributed by atoms with Gasteiger partial charge < -0.3 is 14.8 Å². The Morgan fingerprint density at radius 1 is 0.881 bits per heavy atom. The molecule has 4 rings (SSSR count). The molecule has 7 nitrogen and oxygen atoms in total. The summed E-state index contributed by atoms with van der Waals surface area (Å²) in [5.74, 6) is -0.483. The van der Waals surface area contributed by atoms with Crippen LogP contribution < -0.4 is 15.0 Å². The van der Waals surface area contributed by atoms with Crippen LogP contribution in [0.3, 0.4) is 0 Å². The van der Waals surface area contributed by atoms with Crippen LogP contribution in [0.1, 0.15) is 42.4 Å². The van der Waals surface area contributed by atoms with Gasteiger partial charge in [0.1, 0.15) is 17.1 Å². The van der Waals surface area contributed by atoms with E-state index >= 15 is 0 Å². The van der Waals surface area contributed by atoms with Crippen molar-refractivity contribution < 1.29 is 32.2 Å². The number of ether oxygens (including phenoxy) is 2. The zero-order valence-corrected chi connectivity index (χ0v) is 23.3. The van der Waals surface area contributed by atoms with E-state index in [2.05, 4.69) is 10.3 Å². The maximum atomic E-state index is 13.1. The normalized spacial score (nSPS) is 11.5. The van der Waals surface area contributed by atoms with Gasteiger partial charge in [-0.1, -0.05) is 24.3 Å². The average Bonchev–Trinajstić information content (AvgIpc) is 2.93. The van der Waals surface area contributed by atoms with Gasteiger partial charge in [0.2, 0.25) is 0 Å². The minimum Gasteiger partial charge on any atom is -0.457 e. The van der Waals surface area contributed by atoms with Crippen molar-refractivity contribution in [3.63, 3.8) is 0 Å². The lowest BCUT2D eigenvalue weighted by Crippen LogP contribution is -2.38. The first-order valence-corrected chi connectivity index (χ1v) is 13.1. The number of hydrogen-bond acceptors (Lipinski definition) is 5. The Morgan fingerprint density at radius 3 is 2.26 bits per heavy atom. The highest BCUT2D eigenvalue weighted by atomic mass is 19.4. The summed E-state index contributed by atoms with van der Waals surface area (Å²) in [4.78, 5) is 32.0. The molecule has 2 amide bonds. The van der Waals surface area contributed by atoms with E-state index in [-0.39, 0.29) is 17.1 Å². The summed E-state index contributed by atoms with van der Waals surface area (Å²) in [5.41, 5.74) is 0.392. The molecular weight excluding hydrogens is 547 g/mol. The Kier molecular flexibility index (Phi) is 9.15. The first kappa shape index (κ1) is 30.1. The van der Waals surface area contributed by atoms with Gasteiger partial charge in [0.15, 0.2) is 0 Å². The van der Waals surface area contributed by atoms with Crippen LogP contribution in [0, 0.1) is 0 Å². The van der Waals surface area contributed by atoms with Gasteiger partial charge in [-0.25, -0.2) is 4.79 Å². The summed E-state index contributed by atoms with van der Waals surface area (Å²) in [5, 5.41) is 2.77. The molecule has 0 bridgehead atoms. The maximum absolute atomic E-state index is 13.1. The number of aromatic nitrogens is 1. The summed E-state index contributed by atoms with van der Waals surface area (Å²) in [6.45, 7) is 5.68. The van der Waals surface area contributed by atoms with Crippen LogP contribution in [-0.2, 0) is 17.3 Å². The number of nitrogens with one attached hydrogen (secondary N) is 1. The fourth-order valence-electron chi connectivity index (χ4n) is 3.94. The van der Waals surface area contributed by atoms with Crippen molar-refractivity contribution in [2.45, 2.75) is 39.0 Å². The molecule has 1 N–H and O–H groups in total. The van der Waals surface area contributed by atoms with Crippen LogP contribution in [0.25, 0.3) is 0 Å². The van der Waals surface area contributed by atoms with Crippen molar-refractivity contribution in [3.8, 4) is 11.5 Å². The average molecular weight is 578 g/mol. The third kappa shape index (κ3) is 8.33. The molecule has 4 aromatic rings. The van der Waals surface area contributed by atoms with E-state index < -0.39 is 29.3 Å². The summed E-state index contributed by atoms with van der Waals surface area (Å²) in [6, 6.07) is 22.9. The number of hydrogen-bond donors (Lipinski definition) is 1. The SMILES string of the molecule is CC(C)(C)OC(=O)N(CCc1ccccn1)c1ccc(NC(=O)c2ccccc2Oc2cccc(C(F)(F)F)c2)cc1. The Balaban J connectivity index is 1.49. The molecule has 0 fully saturated rings. The number of benzene rings is 3. The van der Waals surface area contributed by atoms with Crippen molar-refractivity contribution in [2.75, 3.05) is 16.8 Å². The van der Waals surface area contributed by atoms with Gasteiger partial charge in [0.25, 0.3) is 5.91 Å². The van der Waals surface area contributed by atoms with E-state index in [9.17, 15) is 22.8 Å². The molecule has 0 saturated heterocycles. The zero-order chi connectivity index (χ0) is 30.3. The van der Waals surface area contributed by atoms with Crippen LogP contribution in [0.5, 0.6) is 11.5 Å². The molecule has 3 aromatic carbocycles. The van der Waals surface area contributed by atoms with E-state index in [0.29, 0.717) is 24.3 Å². The summed E-state index contributed by atoms with van der Waals surface area (Å²) in [6.07, 6.45) is -2.86. The summed E-state index contributed by atoms with van der Waals surface area (Å²) in [7, 11) is 0. The minimum absolute atomic E-state index is 0.0534. The Hall–Kier alpha value is -4.86. The van der Waals surface area contributed by atoms with Gasteiger partial charge in [-0.3, -0.25) is 14.7 Å². The molecule has 0 aliphatic heterocycles. The Labute approximate surface area is 241 Å². The second-order valence-corrected chi connectivity index (χ2v) is 10.3. The number of pyridine rings is 1. The van der Waals surface area contributed by atoms with Crippen molar-refractivity contribution in [3.05, 3.63) is 114 Å². The number of alkyl halides is 3. The lowest BCUT2D eigenvalue weighted by atomic mass is 10.1. The van der Waals surface area contributed by atoms with Gasteiger partial charge in [0.05, 0.1) is 11.1 Å². The molecule has 10 heteroatoms. The summed E-state index contributed by atoms with van der Waals surface area (Å²) < 4.78 is 50.6. The van der Waals surface area contributed by atoms with Crippen molar-refractivity contribution in [1.82, 2.24) is 4.98 Å². The highest BCUT2D eigenvalue weighted by Crippen LogP contribution is 2.33. The molecule has 0 aliphatic rings. The first-order chi connectivity index (χ1) is 19.9. The zero-order valence-electron chi connectivity index (χ0n) is 23.3. The number of nitrogens with zero attached hydrogens (tertiary/aromatic N) is 2. The van der Waals surface area contributed by atoms with Crippen LogP contribution in [0.4, 0.5) is 29.3 Å². The number of halogens is 3. The highest BCUT2D eigenvalue weighted by Gasteiger charge is 2.31. The first-order valence-electron chi connectivity index (χ1n) is 13.1. The van der Waals surface area contributed by atoms with E-state index in [1.807, 2.05) is 18.2 Å². The van der Waals surface area contributed by atoms with Crippen LogP contribution >= 0.6 is 0 Å². The van der Waals surface area contributed by atoms with E-state index in [1.165, 1.54) is 29.2 Å². The second kappa shape index (κ2) is 12.8. The molecule has 42 heavy (non-hydrogen) atoms. The summed E-state index contributed by atoms with van der Waals surface area (Å²) >= 11 is 0. The highest BCUT2D eigenvalue weighted by molar-refractivity contribution is 6.06. The smallest absolute Gasteiger partial charge is 0.416 e. The number of para-hydroxylation sites is 1. The Morgan fingerprint density at radius 2 is 1.60 bits per heavy atom. The largest absolute Gasteiger partial charge is 0.457 e.